The van der Waals surface area contributed by atoms with Crippen LogP contribution in [0.15, 0.2) is 12.1 Å². The van der Waals surface area contributed by atoms with E-state index in [0.717, 1.165) is 24.4 Å². The number of nitrogens with zero attached hydrogens (tertiary/aromatic N) is 3. The molecule has 7 nitrogen and oxygen atoms in total. The van der Waals surface area contributed by atoms with Crippen LogP contribution in [0.5, 0.6) is 0 Å². The topological polar surface area (TPSA) is 92.3 Å². The predicted octanol–water partition coefficient (Wildman–Crippen LogP) is 1.01. The molecule has 0 saturated carbocycles. The number of carbonyl (C=O) groups excluding carboxylic acids is 1. The third-order valence-electron chi connectivity index (χ3n) is 4.04. The quantitative estimate of drug-likeness (QED) is 0.860. The van der Waals surface area contributed by atoms with Crippen LogP contribution in [-0.2, 0) is 14.6 Å². The SMILES string of the molecule is Cc1ccc(NC2CCN(C(=O)CS(=O)(=O)C(C)C)CC2)nn1. The summed E-state index contributed by atoms with van der Waals surface area (Å²) in [5.41, 5.74) is 0.863. The number of hydrogen-bond donors (Lipinski definition) is 1. The van der Waals surface area contributed by atoms with Gasteiger partial charge in [-0.1, -0.05) is 0 Å². The third-order valence-corrected chi connectivity index (χ3v) is 6.13. The number of sulfone groups is 1. The molecule has 0 bridgehead atoms. The zero-order chi connectivity index (χ0) is 17.0. The van der Waals surface area contributed by atoms with Gasteiger partial charge in [-0.2, -0.15) is 5.10 Å². The summed E-state index contributed by atoms with van der Waals surface area (Å²) in [7, 11) is -3.34. The highest BCUT2D eigenvalue weighted by Crippen LogP contribution is 2.16. The van der Waals surface area contributed by atoms with E-state index in [1.807, 2.05) is 19.1 Å². The van der Waals surface area contributed by atoms with Crippen LogP contribution in [0.2, 0.25) is 0 Å². The molecule has 0 aromatic carbocycles. The standard InChI is InChI=1S/C15H24N4O3S/c1-11(2)23(21,22)10-15(20)19-8-6-13(7-9-19)16-14-5-4-12(3)17-18-14/h4-5,11,13H,6-10H2,1-3H3,(H,16,18). The molecule has 23 heavy (non-hydrogen) atoms. The van der Waals surface area contributed by atoms with Gasteiger partial charge >= 0.3 is 0 Å². The number of hydrogen-bond acceptors (Lipinski definition) is 6. The lowest BCUT2D eigenvalue weighted by molar-refractivity contribution is -0.129. The van der Waals surface area contributed by atoms with E-state index in [-0.39, 0.29) is 11.9 Å². The maximum Gasteiger partial charge on any atom is 0.237 e. The highest BCUT2D eigenvalue weighted by atomic mass is 32.2. The first-order valence-corrected chi connectivity index (χ1v) is 9.55. The van der Waals surface area contributed by atoms with Crippen molar-refractivity contribution in [2.75, 3.05) is 24.2 Å². The van der Waals surface area contributed by atoms with Crippen molar-refractivity contribution in [3.8, 4) is 0 Å². The molecule has 0 atom stereocenters. The number of aryl methyl sites for hydroxylation is 1. The van der Waals surface area contributed by atoms with Crippen molar-refractivity contribution in [3.63, 3.8) is 0 Å². The molecule has 0 spiro atoms. The highest BCUT2D eigenvalue weighted by molar-refractivity contribution is 7.92. The maximum absolute atomic E-state index is 12.1. The summed E-state index contributed by atoms with van der Waals surface area (Å²) in [6, 6.07) is 4.00. The normalized spacial score (nSPS) is 16.6. The Hall–Kier alpha value is -1.70. The van der Waals surface area contributed by atoms with Gasteiger partial charge in [0.05, 0.1) is 10.9 Å². The average Bonchev–Trinajstić information content (AvgIpc) is 2.49. The Morgan fingerprint density at radius 3 is 2.48 bits per heavy atom. The zero-order valence-corrected chi connectivity index (χ0v) is 14.6. The maximum atomic E-state index is 12.1. The number of amides is 1. The van der Waals surface area contributed by atoms with Crippen LogP contribution in [-0.4, -0.2) is 59.6 Å². The van der Waals surface area contributed by atoms with E-state index in [1.165, 1.54) is 0 Å². The van der Waals surface area contributed by atoms with Gasteiger partial charge in [-0.15, -0.1) is 5.10 Å². The number of piperidine rings is 1. The van der Waals surface area contributed by atoms with E-state index in [1.54, 1.807) is 18.7 Å². The minimum Gasteiger partial charge on any atom is -0.366 e. The third kappa shape index (κ3) is 4.89. The summed E-state index contributed by atoms with van der Waals surface area (Å²) in [6.07, 6.45) is 1.53. The summed E-state index contributed by atoms with van der Waals surface area (Å²) in [6.45, 7) is 6.20. The molecule has 1 amide bonds. The van der Waals surface area contributed by atoms with Gasteiger partial charge < -0.3 is 10.2 Å². The molecule has 1 aromatic rings. The summed E-state index contributed by atoms with van der Waals surface area (Å²) in [4.78, 5) is 13.8. The van der Waals surface area contributed by atoms with Crippen molar-refractivity contribution in [2.24, 2.45) is 0 Å². The molecule has 8 heteroatoms. The van der Waals surface area contributed by atoms with Crippen LogP contribution in [0.1, 0.15) is 32.4 Å². The smallest absolute Gasteiger partial charge is 0.237 e. The van der Waals surface area contributed by atoms with Gasteiger partial charge in [0, 0.05) is 19.1 Å². The molecule has 0 aliphatic carbocycles. The first-order chi connectivity index (χ1) is 10.8. The van der Waals surface area contributed by atoms with Gasteiger partial charge in [0.1, 0.15) is 11.6 Å². The largest absolute Gasteiger partial charge is 0.366 e. The summed E-state index contributed by atoms with van der Waals surface area (Å²) in [5.74, 6) is 0.0293. The van der Waals surface area contributed by atoms with Gasteiger partial charge in [0.25, 0.3) is 0 Å². The van der Waals surface area contributed by atoms with Crippen molar-refractivity contribution >= 4 is 21.6 Å². The van der Waals surface area contributed by atoms with Crippen molar-refractivity contribution in [3.05, 3.63) is 17.8 Å². The lowest BCUT2D eigenvalue weighted by Crippen LogP contribution is -2.45. The second-order valence-electron chi connectivity index (χ2n) is 6.22. The molecule has 2 heterocycles. The van der Waals surface area contributed by atoms with Crippen molar-refractivity contribution in [1.82, 2.24) is 15.1 Å². The Morgan fingerprint density at radius 2 is 1.96 bits per heavy atom. The average molecular weight is 340 g/mol. The minimum absolute atomic E-state index is 0.220. The molecule has 1 saturated heterocycles. The van der Waals surface area contributed by atoms with Crippen molar-refractivity contribution < 1.29 is 13.2 Å². The fourth-order valence-corrected chi connectivity index (χ4v) is 3.25. The Balaban J connectivity index is 1.84. The molecule has 0 radical (unpaired) electrons. The predicted molar refractivity (Wildman–Crippen MR) is 88.9 cm³/mol. The first kappa shape index (κ1) is 17.7. The van der Waals surface area contributed by atoms with Gasteiger partial charge in [-0.25, -0.2) is 8.42 Å². The number of rotatable bonds is 5. The fraction of sp³-hybridized carbons (Fsp3) is 0.667. The van der Waals surface area contributed by atoms with E-state index < -0.39 is 20.8 Å². The Kier molecular flexibility index (Phi) is 5.56. The zero-order valence-electron chi connectivity index (χ0n) is 13.8. The molecule has 0 unspecified atom stereocenters. The lowest BCUT2D eigenvalue weighted by Gasteiger charge is -2.32. The van der Waals surface area contributed by atoms with Gasteiger partial charge in [0.15, 0.2) is 9.84 Å². The first-order valence-electron chi connectivity index (χ1n) is 7.84. The highest BCUT2D eigenvalue weighted by Gasteiger charge is 2.27. The molecule has 1 aromatic heterocycles. The Bertz CT molecular complexity index is 635. The number of carbonyl (C=O) groups is 1. The fourth-order valence-electron chi connectivity index (χ4n) is 2.39. The lowest BCUT2D eigenvalue weighted by atomic mass is 10.1. The minimum atomic E-state index is -3.34. The van der Waals surface area contributed by atoms with Crippen LogP contribution >= 0.6 is 0 Å². The summed E-state index contributed by atoms with van der Waals surface area (Å²) in [5, 5.41) is 10.9. The van der Waals surface area contributed by atoms with Crippen LogP contribution in [0.3, 0.4) is 0 Å². The van der Waals surface area contributed by atoms with Crippen molar-refractivity contribution in [1.29, 1.82) is 0 Å². The van der Waals surface area contributed by atoms with Gasteiger partial charge in [-0.05, 0) is 45.7 Å². The van der Waals surface area contributed by atoms with Gasteiger partial charge in [-0.3, -0.25) is 4.79 Å². The molecule has 1 aliphatic heterocycles. The molecule has 128 valence electrons. The molecule has 1 N–H and O–H groups in total. The van der Waals surface area contributed by atoms with E-state index in [4.69, 9.17) is 0 Å². The van der Waals surface area contributed by atoms with Crippen LogP contribution in [0.25, 0.3) is 0 Å². The van der Waals surface area contributed by atoms with E-state index >= 15 is 0 Å². The monoisotopic (exact) mass is 340 g/mol. The van der Waals surface area contributed by atoms with E-state index in [2.05, 4.69) is 15.5 Å². The Labute approximate surface area is 137 Å². The molecular formula is C15H24N4O3S. The molecule has 2 rings (SSSR count). The van der Waals surface area contributed by atoms with Crippen LogP contribution < -0.4 is 5.32 Å². The number of aromatic nitrogens is 2. The van der Waals surface area contributed by atoms with Crippen LogP contribution in [0, 0.1) is 6.92 Å². The second kappa shape index (κ2) is 7.25. The van der Waals surface area contributed by atoms with Crippen LogP contribution in [0.4, 0.5) is 5.82 Å². The Morgan fingerprint density at radius 1 is 1.30 bits per heavy atom. The number of likely N-dealkylation sites (tertiary alicyclic amines) is 1. The number of nitrogens with one attached hydrogen (secondary N) is 1. The molecule has 1 fully saturated rings. The summed E-state index contributed by atoms with van der Waals surface area (Å²) < 4.78 is 23.7. The second-order valence-corrected chi connectivity index (χ2v) is 8.77. The van der Waals surface area contributed by atoms with Crippen molar-refractivity contribution in [2.45, 2.75) is 44.9 Å². The van der Waals surface area contributed by atoms with E-state index in [0.29, 0.717) is 13.1 Å². The summed E-state index contributed by atoms with van der Waals surface area (Å²) >= 11 is 0. The van der Waals surface area contributed by atoms with E-state index in [9.17, 15) is 13.2 Å². The van der Waals surface area contributed by atoms with Gasteiger partial charge in [0.2, 0.25) is 5.91 Å². The molecule has 1 aliphatic rings. The molecular weight excluding hydrogens is 316 g/mol. The number of anilines is 1.